The summed E-state index contributed by atoms with van der Waals surface area (Å²) < 4.78 is 5.32. The zero-order valence-corrected chi connectivity index (χ0v) is 9.68. The number of carboxylic acid groups (broad SMARTS) is 1. The summed E-state index contributed by atoms with van der Waals surface area (Å²) in [5.41, 5.74) is 0. The average molecular weight is 230 g/mol. The monoisotopic (exact) mass is 230 g/mol. The van der Waals surface area contributed by atoms with Crippen LogP contribution in [0.15, 0.2) is 0 Å². The first-order valence-electron chi connectivity index (χ1n) is 5.41. The fraction of sp³-hybridized carbons (Fsp3) is 0.800. The van der Waals surface area contributed by atoms with E-state index in [2.05, 4.69) is 0 Å². The number of hydrogen-bond acceptors (Lipinski definition) is 3. The van der Waals surface area contributed by atoms with Gasteiger partial charge in [0, 0.05) is 19.6 Å². The fourth-order valence-corrected chi connectivity index (χ4v) is 1.67. The SMILES string of the molecule is CCN(CC(=O)O)C(=O)N1CCOC(C)C1. The molecule has 1 aliphatic heterocycles. The van der Waals surface area contributed by atoms with Crippen LogP contribution in [0.1, 0.15) is 13.8 Å². The molecular formula is C10H18N2O4. The zero-order valence-electron chi connectivity index (χ0n) is 9.68. The van der Waals surface area contributed by atoms with Gasteiger partial charge in [-0.3, -0.25) is 4.79 Å². The molecule has 0 aromatic carbocycles. The van der Waals surface area contributed by atoms with E-state index in [4.69, 9.17) is 9.84 Å². The van der Waals surface area contributed by atoms with E-state index in [-0.39, 0.29) is 18.7 Å². The van der Waals surface area contributed by atoms with Crippen molar-refractivity contribution in [2.45, 2.75) is 20.0 Å². The van der Waals surface area contributed by atoms with Gasteiger partial charge in [-0.15, -0.1) is 0 Å². The van der Waals surface area contributed by atoms with E-state index in [0.717, 1.165) is 0 Å². The minimum Gasteiger partial charge on any atom is -0.480 e. The molecule has 2 amide bonds. The lowest BCUT2D eigenvalue weighted by Crippen LogP contribution is -2.51. The van der Waals surface area contributed by atoms with E-state index in [1.165, 1.54) is 4.90 Å². The number of morpholine rings is 1. The Bertz CT molecular complexity index is 270. The van der Waals surface area contributed by atoms with E-state index < -0.39 is 5.97 Å². The number of ether oxygens (including phenoxy) is 1. The highest BCUT2D eigenvalue weighted by Crippen LogP contribution is 2.07. The van der Waals surface area contributed by atoms with Crippen LogP contribution >= 0.6 is 0 Å². The van der Waals surface area contributed by atoms with Crippen molar-refractivity contribution >= 4 is 12.0 Å². The van der Waals surface area contributed by atoms with Crippen molar-refractivity contribution in [3.8, 4) is 0 Å². The van der Waals surface area contributed by atoms with Crippen LogP contribution in [0.25, 0.3) is 0 Å². The molecule has 16 heavy (non-hydrogen) atoms. The fourth-order valence-electron chi connectivity index (χ4n) is 1.67. The maximum absolute atomic E-state index is 11.9. The Morgan fingerprint density at radius 1 is 1.56 bits per heavy atom. The first kappa shape index (κ1) is 12.8. The van der Waals surface area contributed by atoms with Gasteiger partial charge in [-0.2, -0.15) is 0 Å². The number of carbonyl (C=O) groups excluding carboxylic acids is 1. The molecule has 1 aliphatic rings. The predicted octanol–water partition coefficient (Wildman–Crippen LogP) is 0.234. The number of nitrogens with zero attached hydrogens (tertiary/aromatic N) is 2. The highest BCUT2D eigenvalue weighted by atomic mass is 16.5. The van der Waals surface area contributed by atoms with Crippen molar-refractivity contribution < 1.29 is 19.4 Å². The molecule has 1 saturated heterocycles. The molecule has 1 atom stereocenters. The van der Waals surface area contributed by atoms with Crippen molar-refractivity contribution in [2.75, 3.05) is 32.8 Å². The van der Waals surface area contributed by atoms with E-state index in [1.807, 2.05) is 6.92 Å². The van der Waals surface area contributed by atoms with E-state index in [9.17, 15) is 9.59 Å². The van der Waals surface area contributed by atoms with Gasteiger partial charge in [0.15, 0.2) is 0 Å². The molecule has 92 valence electrons. The molecular weight excluding hydrogens is 212 g/mol. The molecule has 1 rings (SSSR count). The molecule has 1 fully saturated rings. The Kier molecular flexibility index (Phi) is 4.54. The van der Waals surface area contributed by atoms with Gasteiger partial charge in [-0.05, 0) is 13.8 Å². The molecule has 0 radical (unpaired) electrons. The molecule has 0 spiro atoms. The van der Waals surface area contributed by atoms with E-state index in [0.29, 0.717) is 26.2 Å². The van der Waals surface area contributed by atoms with Crippen LogP contribution in [-0.4, -0.2) is 65.8 Å². The van der Waals surface area contributed by atoms with Crippen molar-refractivity contribution in [3.05, 3.63) is 0 Å². The van der Waals surface area contributed by atoms with Crippen LogP contribution in [-0.2, 0) is 9.53 Å². The highest BCUT2D eigenvalue weighted by Gasteiger charge is 2.25. The van der Waals surface area contributed by atoms with E-state index >= 15 is 0 Å². The maximum atomic E-state index is 11.9. The number of likely N-dealkylation sites (N-methyl/N-ethyl adjacent to an activating group) is 1. The molecule has 0 aromatic heterocycles. The van der Waals surface area contributed by atoms with Gasteiger partial charge >= 0.3 is 12.0 Å². The Labute approximate surface area is 94.8 Å². The van der Waals surface area contributed by atoms with Crippen LogP contribution in [0.3, 0.4) is 0 Å². The van der Waals surface area contributed by atoms with Gasteiger partial charge in [0.2, 0.25) is 0 Å². The molecule has 0 aromatic rings. The number of hydrogen-bond donors (Lipinski definition) is 1. The van der Waals surface area contributed by atoms with Gasteiger partial charge in [0.1, 0.15) is 6.54 Å². The standard InChI is InChI=1S/C10H18N2O4/c1-3-11(7-9(13)14)10(15)12-4-5-16-8(2)6-12/h8H,3-7H2,1-2H3,(H,13,14). The first-order chi connectivity index (χ1) is 7.54. The summed E-state index contributed by atoms with van der Waals surface area (Å²) in [7, 11) is 0. The van der Waals surface area contributed by atoms with Crippen molar-refractivity contribution in [1.29, 1.82) is 0 Å². The largest absolute Gasteiger partial charge is 0.480 e. The second-order valence-corrected chi connectivity index (χ2v) is 3.82. The van der Waals surface area contributed by atoms with Gasteiger partial charge in [-0.25, -0.2) is 4.79 Å². The topological polar surface area (TPSA) is 70.1 Å². The highest BCUT2D eigenvalue weighted by molar-refractivity contribution is 5.80. The van der Waals surface area contributed by atoms with Gasteiger partial charge in [0.05, 0.1) is 12.7 Å². The lowest BCUT2D eigenvalue weighted by atomic mass is 10.3. The molecule has 1 N–H and O–H groups in total. The number of amides is 2. The Morgan fingerprint density at radius 2 is 2.25 bits per heavy atom. The van der Waals surface area contributed by atoms with Crippen LogP contribution < -0.4 is 0 Å². The van der Waals surface area contributed by atoms with Crippen LogP contribution in [0, 0.1) is 0 Å². The zero-order chi connectivity index (χ0) is 12.1. The summed E-state index contributed by atoms with van der Waals surface area (Å²) >= 11 is 0. The third kappa shape index (κ3) is 3.37. The molecule has 0 bridgehead atoms. The number of aliphatic carboxylic acids is 1. The normalized spacial score (nSPS) is 20.6. The molecule has 0 aliphatic carbocycles. The summed E-state index contributed by atoms with van der Waals surface area (Å²) in [6, 6.07) is -0.222. The van der Waals surface area contributed by atoms with Crippen molar-refractivity contribution in [2.24, 2.45) is 0 Å². The van der Waals surface area contributed by atoms with Gasteiger partial charge < -0.3 is 19.6 Å². The summed E-state index contributed by atoms with van der Waals surface area (Å²) in [4.78, 5) is 25.5. The van der Waals surface area contributed by atoms with Gasteiger partial charge in [-0.1, -0.05) is 0 Å². The van der Waals surface area contributed by atoms with Crippen LogP contribution in [0.5, 0.6) is 0 Å². The lowest BCUT2D eigenvalue weighted by Gasteiger charge is -2.34. The molecule has 6 heteroatoms. The maximum Gasteiger partial charge on any atom is 0.323 e. The molecule has 6 nitrogen and oxygen atoms in total. The molecule has 0 saturated carbocycles. The predicted molar refractivity (Wildman–Crippen MR) is 57.3 cm³/mol. The number of carboxylic acids is 1. The summed E-state index contributed by atoms with van der Waals surface area (Å²) in [6.45, 7) is 5.38. The minimum absolute atomic E-state index is 0.0150. The molecule has 1 unspecified atom stereocenters. The number of carbonyl (C=O) groups is 2. The Hall–Kier alpha value is -1.30. The number of urea groups is 1. The Balaban J connectivity index is 2.56. The second-order valence-electron chi connectivity index (χ2n) is 3.82. The average Bonchev–Trinajstić information content (AvgIpc) is 2.24. The smallest absolute Gasteiger partial charge is 0.323 e. The number of rotatable bonds is 3. The van der Waals surface area contributed by atoms with Crippen LogP contribution in [0.2, 0.25) is 0 Å². The summed E-state index contributed by atoms with van der Waals surface area (Å²) in [6.07, 6.45) is 0.0150. The Morgan fingerprint density at radius 3 is 2.75 bits per heavy atom. The lowest BCUT2D eigenvalue weighted by molar-refractivity contribution is -0.137. The third-order valence-corrected chi connectivity index (χ3v) is 2.49. The quantitative estimate of drug-likeness (QED) is 0.753. The van der Waals surface area contributed by atoms with Crippen molar-refractivity contribution in [1.82, 2.24) is 9.80 Å². The molecule has 1 heterocycles. The summed E-state index contributed by atoms with van der Waals surface area (Å²) in [5.74, 6) is -0.989. The summed E-state index contributed by atoms with van der Waals surface area (Å²) in [5, 5.41) is 8.68. The third-order valence-electron chi connectivity index (χ3n) is 2.49. The van der Waals surface area contributed by atoms with Crippen LogP contribution in [0.4, 0.5) is 4.79 Å². The van der Waals surface area contributed by atoms with Gasteiger partial charge in [0.25, 0.3) is 0 Å². The van der Waals surface area contributed by atoms with Crippen molar-refractivity contribution in [3.63, 3.8) is 0 Å². The first-order valence-corrected chi connectivity index (χ1v) is 5.41. The minimum atomic E-state index is -0.989. The van der Waals surface area contributed by atoms with E-state index in [1.54, 1.807) is 11.8 Å². The second kappa shape index (κ2) is 5.69.